The van der Waals surface area contributed by atoms with Gasteiger partial charge in [-0.2, -0.15) is 0 Å². The van der Waals surface area contributed by atoms with E-state index in [1.165, 1.54) is 5.56 Å². The van der Waals surface area contributed by atoms with Crippen molar-refractivity contribution in [3.05, 3.63) is 96.1 Å². The molecule has 3 aromatic rings. The van der Waals surface area contributed by atoms with E-state index in [0.717, 1.165) is 48.8 Å². The summed E-state index contributed by atoms with van der Waals surface area (Å²) in [6.07, 6.45) is 4.73. The van der Waals surface area contributed by atoms with E-state index in [0.29, 0.717) is 12.2 Å². The first-order valence-corrected chi connectivity index (χ1v) is 12.3. The molecule has 34 heavy (non-hydrogen) atoms. The van der Waals surface area contributed by atoms with Crippen LogP contribution in [0.15, 0.2) is 84.9 Å². The molecule has 2 saturated heterocycles. The maximum absolute atomic E-state index is 13.2. The molecule has 2 fully saturated rings. The Kier molecular flexibility index (Phi) is 6.75. The van der Waals surface area contributed by atoms with E-state index in [-0.39, 0.29) is 30.7 Å². The van der Waals surface area contributed by atoms with Gasteiger partial charge in [0.1, 0.15) is 12.4 Å². The average Bonchev–Trinajstić information content (AvgIpc) is 2.88. The predicted octanol–water partition coefficient (Wildman–Crippen LogP) is 6.44. The van der Waals surface area contributed by atoms with Gasteiger partial charge in [0.05, 0.1) is 0 Å². The van der Waals surface area contributed by atoms with Crippen LogP contribution in [0.2, 0.25) is 0 Å². The highest BCUT2D eigenvalue weighted by atomic mass is 16.6. The maximum atomic E-state index is 13.2. The van der Waals surface area contributed by atoms with E-state index in [1.807, 2.05) is 53.4 Å². The van der Waals surface area contributed by atoms with Crippen molar-refractivity contribution in [1.82, 2.24) is 4.90 Å². The molecule has 2 heterocycles. The molecular weight excluding hydrogens is 422 g/mol. The fraction of sp³-hybridized carbons (Fsp3) is 0.333. The summed E-state index contributed by atoms with van der Waals surface area (Å²) in [5.41, 5.74) is 4.39. The van der Waals surface area contributed by atoms with Gasteiger partial charge >= 0.3 is 6.09 Å². The molecular formula is C30H31NO3. The second kappa shape index (κ2) is 10.3. The molecule has 0 N–H and O–H groups in total. The third kappa shape index (κ3) is 5.06. The van der Waals surface area contributed by atoms with E-state index < -0.39 is 0 Å². The molecule has 1 amide bonds. The molecule has 2 atom stereocenters. The molecule has 3 aromatic carbocycles. The quantitative estimate of drug-likeness (QED) is 0.432. The molecule has 174 valence electrons. The molecule has 2 unspecified atom stereocenters. The molecule has 0 radical (unpaired) electrons. The van der Waals surface area contributed by atoms with Crippen LogP contribution in [0.25, 0.3) is 11.1 Å². The Hall–Kier alpha value is -3.40. The smallest absolute Gasteiger partial charge is 0.410 e. The molecule has 0 saturated carbocycles. The highest BCUT2D eigenvalue weighted by Gasteiger charge is 2.43. The van der Waals surface area contributed by atoms with Crippen molar-refractivity contribution in [2.24, 2.45) is 5.92 Å². The number of carbonyl (C=O) groups is 2. The summed E-state index contributed by atoms with van der Waals surface area (Å²) in [5.74, 6) is 0.309. The Morgan fingerprint density at radius 1 is 0.735 bits per heavy atom. The van der Waals surface area contributed by atoms with Gasteiger partial charge in [-0.15, -0.1) is 0 Å². The van der Waals surface area contributed by atoms with Crippen LogP contribution in [0.3, 0.4) is 0 Å². The lowest BCUT2D eigenvalue weighted by molar-refractivity contribution is -0.126. The molecule has 2 bridgehead atoms. The third-order valence-corrected chi connectivity index (χ3v) is 7.29. The number of hydrogen-bond acceptors (Lipinski definition) is 3. The monoisotopic (exact) mass is 453 g/mol. The number of ketones is 1. The summed E-state index contributed by atoms with van der Waals surface area (Å²) < 4.78 is 5.65. The van der Waals surface area contributed by atoms with E-state index in [9.17, 15) is 9.59 Å². The number of Topliss-reactive ketones (excluding diaryl/α,β-unsaturated/α-hetero) is 1. The van der Waals surface area contributed by atoms with Crippen LogP contribution in [0.5, 0.6) is 0 Å². The first kappa shape index (κ1) is 22.4. The normalized spacial score (nSPS) is 21.6. The molecule has 4 nitrogen and oxygen atoms in total. The number of piperidine rings is 2. The van der Waals surface area contributed by atoms with Gasteiger partial charge in [-0.25, -0.2) is 4.79 Å². The SMILES string of the molecule is O=C(Cc1ccc(-c2ccccc2)cc1)C1CC2CCCC(C1)N2C(=O)OCc1ccccc1. The van der Waals surface area contributed by atoms with Crippen LogP contribution in [0.4, 0.5) is 4.79 Å². The highest BCUT2D eigenvalue weighted by Crippen LogP contribution is 2.38. The highest BCUT2D eigenvalue weighted by molar-refractivity contribution is 5.84. The minimum atomic E-state index is -0.235. The van der Waals surface area contributed by atoms with Gasteiger partial charge < -0.3 is 9.64 Å². The Bertz CT molecular complexity index is 1100. The van der Waals surface area contributed by atoms with E-state index in [1.54, 1.807) is 0 Å². The lowest BCUT2D eigenvalue weighted by atomic mass is 9.76. The average molecular weight is 454 g/mol. The minimum Gasteiger partial charge on any atom is -0.445 e. The van der Waals surface area contributed by atoms with Crippen molar-refractivity contribution in [1.29, 1.82) is 0 Å². The minimum absolute atomic E-state index is 0.0160. The maximum Gasteiger partial charge on any atom is 0.410 e. The molecule has 2 aliphatic rings. The van der Waals surface area contributed by atoms with Gasteiger partial charge in [0.2, 0.25) is 0 Å². The van der Waals surface area contributed by atoms with Crippen molar-refractivity contribution < 1.29 is 14.3 Å². The Morgan fingerprint density at radius 2 is 1.32 bits per heavy atom. The fourth-order valence-corrected chi connectivity index (χ4v) is 5.53. The number of amides is 1. The molecule has 5 rings (SSSR count). The van der Waals surface area contributed by atoms with Gasteiger partial charge in [-0.3, -0.25) is 4.79 Å². The zero-order chi connectivity index (χ0) is 23.3. The number of benzene rings is 3. The summed E-state index contributed by atoms with van der Waals surface area (Å²) in [6, 6.07) is 28.6. The second-order valence-electron chi connectivity index (χ2n) is 9.56. The van der Waals surface area contributed by atoms with Crippen LogP contribution in [0.1, 0.15) is 43.2 Å². The zero-order valence-corrected chi connectivity index (χ0v) is 19.4. The van der Waals surface area contributed by atoms with Crippen LogP contribution >= 0.6 is 0 Å². The van der Waals surface area contributed by atoms with Gasteiger partial charge in [0.15, 0.2) is 0 Å². The predicted molar refractivity (Wildman–Crippen MR) is 133 cm³/mol. The number of nitrogens with zero attached hydrogens (tertiary/aromatic N) is 1. The van der Waals surface area contributed by atoms with Crippen molar-refractivity contribution >= 4 is 11.9 Å². The van der Waals surface area contributed by atoms with Gasteiger partial charge in [0.25, 0.3) is 0 Å². The summed E-state index contributed by atoms with van der Waals surface area (Å²) in [7, 11) is 0. The summed E-state index contributed by atoms with van der Waals surface area (Å²) in [6.45, 7) is 0.289. The van der Waals surface area contributed by atoms with Crippen molar-refractivity contribution in [3.8, 4) is 11.1 Å². The molecule has 0 aliphatic carbocycles. The van der Waals surface area contributed by atoms with E-state index in [2.05, 4.69) is 36.4 Å². The van der Waals surface area contributed by atoms with Gasteiger partial charge in [-0.05, 0) is 54.4 Å². The summed E-state index contributed by atoms with van der Waals surface area (Å²) in [4.78, 5) is 28.1. The first-order chi connectivity index (χ1) is 16.7. The lowest BCUT2D eigenvalue weighted by Crippen LogP contribution is -2.55. The molecule has 4 heteroatoms. The largest absolute Gasteiger partial charge is 0.445 e. The standard InChI is InChI=1S/C30H31NO3/c32-29(18-22-14-16-25(17-15-22)24-10-5-2-6-11-24)26-19-27-12-7-13-28(20-26)31(27)30(33)34-21-23-8-3-1-4-9-23/h1-6,8-11,14-17,26-28H,7,12-13,18-21H2. The lowest BCUT2D eigenvalue weighted by Gasteiger charge is -2.47. The van der Waals surface area contributed by atoms with Gasteiger partial charge in [0, 0.05) is 24.4 Å². The zero-order valence-electron chi connectivity index (χ0n) is 19.4. The Morgan fingerprint density at radius 3 is 1.97 bits per heavy atom. The first-order valence-electron chi connectivity index (χ1n) is 12.3. The van der Waals surface area contributed by atoms with Crippen LogP contribution in [0, 0.1) is 5.92 Å². The van der Waals surface area contributed by atoms with Crippen LogP contribution in [-0.4, -0.2) is 28.9 Å². The van der Waals surface area contributed by atoms with Crippen LogP contribution < -0.4 is 0 Å². The number of ether oxygens (including phenoxy) is 1. The fourth-order valence-electron chi connectivity index (χ4n) is 5.53. The second-order valence-corrected chi connectivity index (χ2v) is 9.56. The van der Waals surface area contributed by atoms with Crippen LogP contribution in [-0.2, 0) is 22.6 Å². The molecule has 0 spiro atoms. The topological polar surface area (TPSA) is 46.6 Å². The van der Waals surface area contributed by atoms with Crippen molar-refractivity contribution in [3.63, 3.8) is 0 Å². The Labute approximate surface area is 201 Å². The Balaban J connectivity index is 1.19. The number of carbonyl (C=O) groups excluding carboxylic acids is 2. The van der Waals surface area contributed by atoms with E-state index >= 15 is 0 Å². The molecule has 2 aliphatic heterocycles. The van der Waals surface area contributed by atoms with Crippen molar-refractivity contribution in [2.45, 2.75) is 57.2 Å². The molecule has 0 aromatic heterocycles. The third-order valence-electron chi connectivity index (χ3n) is 7.29. The van der Waals surface area contributed by atoms with E-state index in [4.69, 9.17) is 4.74 Å². The summed E-state index contributed by atoms with van der Waals surface area (Å²) >= 11 is 0. The number of fused-ring (bicyclic) bond motifs is 2. The number of rotatable bonds is 6. The van der Waals surface area contributed by atoms with Gasteiger partial charge in [-0.1, -0.05) is 84.9 Å². The van der Waals surface area contributed by atoms with Crippen molar-refractivity contribution in [2.75, 3.05) is 0 Å². The number of hydrogen-bond donors (Lipinski definition) is 0. The summed E-state index contributed by atoms with van der Waals surface area (Å²) in [5, 5.41) is 0.